The van der Waals surface area contributed by atoms with E-state index in [1.807, 2.05) is 0 Å². The third kappa shape index (κ3) is 5.33. The Balaban J connectivity index is 0.000000535. The predicted octanol–water partition coefficient (Wildman–Crippen LogP) is 5.61. The van der Waals surface area contributed by atoms with Crippen molar-refractivity contribution in [2.45, 2.75) is 76.5 Å². The minimum absolute atomic E-state index is 0.0364. The Bertz CT molecular complexity index is 985. The fraction of sp³-hybridized carbons (Fsp3) is 0.545. The molecule has 2 aromatic heterocycles. The topological polar surface area (TPSA) is 126 Å². The highest BCUT2D eigenvalue weighted by molar-refractivity contribution is 7.17. The summed E-state index contributed by atoms with van der Waals surface area (Å²) in [5, 5.41) is 22.2. The monoisotopic (exact) mass is 445 g/mol. The van der Waals surface area contributed by atoms with Gasteiger partial charge in [0.25, 0.3) is 11.8 Å². The number of carbonyl (C=O) groups is 2. The molecule has 1 saturated carbocycles. The van der Waals surface area contributed by atoms with Crippen LogP contribution in [-0.2, 0) is 17.6 Å². The maximum Gasteiger partial charge on any atom is 0.503 e. The van der Waals surface area contributed by atoms with E-state index in [4.69, 9.17) is 24.5 Å². The maximum atomic E-state index is 12.8. The number of hydrogen-bond acceptors (Lipinski definition) is 6. The molecular weight excluding hydrogens is 418 g/mol. The zero-order valence-corrected chi connectivity index (χ0v) is 18.2. The molecule has 0 aromatic carbocycles. The van der Waals surface area contributed by atoms with Gasteiger partial charge in [0.15, 0.2) is 5.82 Å². The summed E-state index contributed by atoms with van der Waals surface area (Å²) in [5.41, 5.74) is 3.22. The number of amides is 1. The third-order valence-corrected chi connectivity index (χ3v) is 7.04. The SMILES string of the molecule is O=C(Nc1sc2c(c1-c1nc(C3CC3)no1)CCCCC2)C1=CCCCC1.O=C(O)O. The minimum atomic E-state index is -1.83. The van der Waals surface area contributed by atoms with Gasteiger partial charge in [0.05, 0.1) is 5.56 Å². The molecule has 2 aromatic rings. The normalized spacial score (nSPS) is 18.1. The molecule has 166 valence electrons. The van der Waals surface area contributed by atoms with Gasteiger partial charge in [-0.25, -0.2) is 4.79 Å². The van der Waals surface area contributed by atoms with Crippen LogP contribution in [0.25, 0.3) is 11.5 Å². The van der Waals surface area contributed by atoms with Crippen LogP contribution in [0.5, 0.6) is 0 Å². The summed E-state index contributed by atoms with van der Waals surface area (Å²) in [6, 6.07) is 0. The number of allylic oxidation sites excluding steroid dienone is 1. The Morgan fingerprint density at radius 2 is 1.81 bits per heavy atom. The summed E-state index contributed by atoms with van der Waals surface area (Å²) in [7, 11) is 0. The lowest BCUT2D eigenvalue weighted by Crippen LogP contribution is -2.15. The largest absolute Gasteiger partial charge is 0.503 e. The molecule has 0 spiro atoms. The zero-order chi connectivity index (χ0) is 21.8. The van der Waals surface area contributed by atoms with Crippen molar-refractivity contribution in [2.24, 2.45) is 0 Å². The fourth-order valence-corrected chi connectivity index (χ4v) is 5.40. The van der Waals surface area contributed by atoms with Gasteiger partial charge in [0, 0.05) is 16.4 Å². The van der Waals surface area contributed by atoms with Crippen molar-refractivity contribution in [3.8, 4) is 11.5 Å². The minimum Gasteiger partial charge on any atom is -0.450 e. The fourth-order valence-electron chi connectivity index (χ4n) is 4.13. The first-order valence-electron chi connectivity index (χ1n) is 10.9. The molecule has 8 nitrogen and oxygen atoms in total. The number of nitrogens with zero attached hydrogens (tertiary/aromatic N) is 2. The average Bonchev–Trinajstić information content (AvgIpc) is 3.45. The van der Waals surface area contributed by atoms with Gasteiger partial charge in [-0.1, -0.05) is 17.7 Å². The van der Waals surface area contributed by atoms with E-state index < -0.39 is 6.16 Å². The second-order valence-corrected chi connectivity index (χ2v) is 9.32. The highest BCUT2D eigenvalue weighted by Crippen LogP contribution is 2.45. The zero-order valence-electron chi connectivity index (χ0n) is 17.4. The van der Waals surface area contributed by atoms with Crippen LogP contribution < -0.4 is 5.32 Å². The quantitative estimate of drug-likeness (QED) is 0.523. The summed E-state index contributed by atoms with van der Waals surface area (Å²) >= 11 is 1.71. The van der Waals surface area contributed by atoms with Crippen LogP contribution in [0.2, 0.25) is 0 Å². The molecule has 5 rings (SSSR count). The molecule has 3 aliphatic carbocycles. The first-order valence-corrected chi connectivity index (χ1v) is 11.8. The van der Waals surface area contributed by atoms with Crippen LogP contribution in [0.4, 0.5) is 9.80 Å². The first kappa shape index (κ1) is 21.5. The van der Waals surface area contributed by atoms with Crippen LogP contribution in [0.3, 0.4) is 0 Å². The number of aromatic nitrogens is 2. The van der Waals surface area contributed by atoms with Gasteiger partial charge >= 0.3 is 6.16 Å². The van der Waals surface area contributed by atoms with Gasteiger partial charge in [-0.3, -0.25) is 4.79 Å². The van der Waals surface area contributed by atoms with Crippen molar-refractivity contribution < 1.29 is 24.3 Å². The molecule has 31 heavy (non-hydrogen) atoms. The van der Waals surface area contributed by atoms with Gasteiger partial charge in [-0.05, 0) is 69.8 Å². The Morgan fingerprint density at radius 1 is 1.06 bits per heavy atom. The van der Waals surface area contributed by atoms with Crippen molar-refractivity contribution >= 4 is 28.4 Å². The van der Waals surface area contributed by atoms with Gasteiger partial charge in [-0.2, -0.15) is 4.98 Å². The standard InChI is InChI=1S/C21H25N3O2S.CH2O3/c25-19(14-7-3-1-4-8-14)23-21-17(15-9-5-2-6-10-16(15)27-21)20-22-18(24-26-20)13-11-12-13;2-1(3)4/h7,13H,1-6,8-12H2,(H,23,25);(H2,2,3,4). The number of rotatable bonds is 4. The Morgan fingerprint density at radius 3 is 2.52 bits per heavy atom. The van der Waals surface area contributed by atoms with Crippen molar-refractivity contribution in [3.63, 3.8) is 0 Å². The number of aryl methyl sites for hydroxylation is 1. The molecule has 0 saturated heterocycles. The van der Waals surface area contributed by atoms with Crippen molar-refractivity contribution in [1.82, 2.24) is 10.1 Å². The molecule has 0 bridgehead atoms. The second-order valence-electron chi connectivity index (χ2n) is 8.21. The van der Waals surface area contributed by atoms with E-state index in [1.165, 1.54) is 36.1 Å². The first-order chi connectivity index (χ1) is 15.0. The van der Waals surface area contributed by atoms with Crippen LogP contribution in [0.15, 0.2) is 16.2 Å². The lowest BCUT2D eigenvalue weighted by molar-refractivity contribution is -0.113. The molecule has 3 N–H and O–H groups in total. The summed E-state index contributed by atoms with van der Waals surface area (Å²) in [6.45, 7) is 0. The van der Waals surface area contributed by atoms with Gasteiger partial charge < -0.3 is 20.1 Å². The van der Waals surface area contributed by atoms with E-state index in [1.54, 1.807) is 11.3 Å². The molecule has 0 aliphatic heterocycles. The molecule has 0 atom stereocenters. The summed E-state index contributed by atoms with van der Waals surface area (Å²) in [5.74, 6) is 1.91. The van der Waals surface area contributed by atoms with E-state index in [9.17, 15) is 4.79 Å². The van der Waals surface area contributed by atoms with Gasteiger partial charge in [0.2, 0.25) is 0 Å². The molecule has 1 fully saturated rings. The van der Waals surface area contributed by atoms with E-state index >= 15 is 0 Å². The lowest BCUT2D eigenvalue weighted by atomic mass is 9.99. The average molecular weight is 446 g/mol. The number of nitrogens with one attached hydrogen (secondary N) is 1. The molecule has 3 aliphatic rings. The van der Waals surface area contributed by atoms with E-state index in [-0.39, 0.29) is 5.91 Å². The van der Waals surface area contributed by atoms with Gasteiger partial charge in [-0.15, -0.1) is 11.3 Å². The molecule has 1 amide bonds. The van der Waals surface area contributed by atoms with E-state index in [0.717, 1.165) is 66.9 Å². The third-order valence-electron chi connectivity index (χ3n) is 5.83. The second kappa shape index (κ2) is 9.64. The van der Waals surface area contributed by atoms with Crippen LogP contribution in [0, 0.1) is 0 Å². The number of carbonyl (C=O) groups excluding carboxylic acids is 1. The Labute approximate surface area is 184 Å². The van der Waals surface area contributed by atoms with Crippen molar-refractivity contribution in [2.75, 3.05) is 5.32 Å². The van der Waals surface area contributed by atoms with E-state index in [2.05, 4.69) is 16.5 Å². The Hall–Kier alpha value is -2.68. The highest BCUT2D eigenvalue weighted by atomic mass is 32.1. The maximum absolute atomic E-state index is 12.8. The summed E-state index contributed by atoms with van der Waals surface area (Å²) in [6.07, 6.45) is 12.5. The number of hydrogen-bond donors (Lipinski definition) is 3. The van der Waals surface area contributed by atoms with Crippen LogP contribution >= 0.6 is 11.3 Å². The molecule has 9 heteroatoms. The summed E-state index contributed by atoms with van der Waals surface area (Å²) in [4.78, 5) is 27.4. The van der Waals surface area contributed by atoms with Crippen molar-refractivity contribution in [3.05, 3.63) is 27.9 Å². The Kier molecular flexibility index (Phi) is 6.70. The highest BCUT2D eigenvalue weighted by Gasteiger charge is 2.31. The number of carboxylic acid groups (broad SMARTS) is 2. The van der Waals surface area contributed by atoms with Crippen LogP contribution in [-0.4, -0.2) is 32.4 Å². The lowest BCUT2D eigenvalue weighted by Gasteiger charge is -2.12. The number of thiophene rings is 1. The number of fused-ring (bicyclic) bond motifs is 1. The molecule has 2 heterocycles. The number of anilines is 1. The molecule has 0 unspecified atom stereocenters. The molecule has 0 radical (unpaired) electrons. The van der Waals surface area contributed by atoms with E-state index in [0.29, 0.717) is 11.8 Å². The van der Waals surface area contributed by atoms with Gasteiger partial charge in [0.1, 0.15) is 5.00 Å². The van der Waals surface area contributed by atoms with Crippen molar-refractivity contribution in [1.29, 1.82) is 0 Å². The molecular formula is C22H27N3O5S. The predicted molar refractivity (Wildman–Crippen MR) is 117 cm³/mol. The smallest absolute Gasteiger partial charge is 0.450 e. The summed E-state index contributed by atoms with van der Waals surface area (Å²) < 4.78 is 5.66. The van der Waals surface area contributed by atoms with Crippen LogP contribution in [0.1, 0.15) is 80.0 Å².